The minimum absolute atomic E-state index is 0.132. The van der Waals surface area contributed by atoms with Crippen LogP contribution in [0.25, 0.3) is 10.9 Å². The number of hydrogen-bond donors (Lipinski definition) is 4. The van der Waals surface area contributed by atoms with E-state index in [1.54, 1.807) is 7.11 Å². The van der Waals surface area contributed by atoms with Crippen LogP contribution in [0.3, 0.4) is 0 Å². The van der Waals surface area contributed by atoms with Gasteiger partial charge in [0.25, 0.3) is 5.91 Å². The molecule has 11 heteroatoms. The van der Waals surface area contributed by atoms with E-state index in [2.05, 4.69) is 20.5 Å². The molecule has 2 aliphatic rings. The number of carboxylic acids is 1. The van der Waals surface area contributed by atoms with Crippen LogP contribution in [0.2, 0.25) is 0 Å². The first-order chi connectivity index (χ1) is 23.9. The number of carbonyl (C=O) groups excluding carboxylic acids is 1. The summed E-state index contributed by atoms with van der Waals surface area (Å²) in [5.74, 6) is 0.334. The molecule has 1 fully saturated rings. The molecule has 2 unspecified atom stereocenters. The minimum atomic E-state index is -0.951. The van der Waals surface area contributed by atoms with Crippen molar-refractivity contribution < 1.29 is 28.9 Å². The van der Waals surface area contributed by atoms with Gasteiger partial charge in [-0.15, -0.1) is 11.3 Å². The number of hydrogen-bond acceptors (Lipinski definition) is 8. The van der Waals surface area contributed by atoms with Gasteiger partial charge in [0.1, 0.15) is 35.0 Å². The molecule has 0 radical (unpaired) electrons. The second kappa shape index (κ2) is 14.7. The van der Waals surface area contributed by atoms with Gasteiger partial charge in [-0.3, -0.25) is 9.69 Å². The molecule has 0 spiro atoms. The van der Waals surface area contributed by atoms with Crippen molar-refractivity contribution in [1.29, 1.82) is 0 Å². The molecule has 7 rings (SSSR count). The molecular formula is C38H40N4O6S. The molecular weight excluding hydrogens is 641 g/mol. The van der Waals surface area contributed by atoms with Crippen molar-refractivity contribution in [3.63, 3.8) is 0 Å². The van der Waals surface area contributed by atoms with E-state index in [9.17, 15) is 14.7 Å². The van der Waals surface area contributed by atoms with Crippen LogP contribution < -0.4 is 20.1 Å². The number of carbonyl (C=O) groups is 2. The number of benzene rings is 3. The van der Waals surface area contributed by atoms with Gasteiger partial charge in [0.2, 0.25) is 0 Å². The van der Waals surface area contributed by atoms with Crippen molar-refractivity contribution in [2.75, 3.05) is 25.6 Å². The number of nitrogens with zero attached hydrogens (tertiary/aromatic N) is 1. The smallest absolute Gasteiger partial charge is 0.338 e. The number of anilines is 1. The molecule has 2 atom stereocenters. The Kier molecular flexibility index (Phi) is 9.83. The molecule has 1 saturated heterocycles. The van der Waals surface area contributed by atoms with Gasteiger partial charge in [0, 0.05) is 48.1 Å². The number of rotatable bonds is 12. The lowest BCUT2D eigenvalue weighted by Crippen LogP contribution is -2.47. The summed E-state index contributed by atoms with van der Waals surface area (Å²) in [6.07, 6.45) is 3.20. The highest BCUT2D eigenvalue weighted by Crippen LogP contribution is 2.40. The fraction of sp³-hybridized carbons (Fsp3) is 0.316. The normalized spacial score (nSPS) is 17.7. The van der Waals surface area contributed by atoms with Crippen LogP contribution >= 0.6 is 11.3 Å². The van der Waals surface area contributed by atoms with Crippen LogP contribution in [0.4, 0.5) is 5.00 Å². The van der Waals surface area contributed by atoms with E-state index in [0.717, 1.165) is 63.2 Å². The van der Waals surface area contributed by atoms with Crippen LogP contribution in [-0.2, 0) is 30.9 Å². The van der Waals surface area contributed by atoms with E-state index in [4.69, 9.17) is 14.2 Å². The fourth-order valence-corrected chi connectivity index (χ4v) is 7.87. The third kappa shape index (κ3) is 7.59. The number of carboxylic acid groups (broad SMARTS) is 1. The van der Waals surface area contributed by atoms with Crippen molar-refractivity contribution in [1.82, 2.24) is 15.2 Å². The summed E-state index contributed by atoms with van der Waals surface area (Å²) in [7, 11) is 1.65. The molecule has 254 valence electrons. The Morgan fingerprint density at radius 2 is 1.84 bits per heavy atom. The third-order valence-corrected chi connectivity index (χ3v) is 10.4. The molecule has 49 heavy (non-hydrogen) atoms. The maximum atomic E-state index is 13.5. The predicted octanol–water partition coefficient (Wildman–Crippen LogP) is 6.81. The van der Waals surface area contributed by atoms with Gasteiger partial charge in [0.15, 0.2) is 0 Å². The quantitative estimate of drug-likeness (QED) is 0.113. The van der Waals surface area contributed by atoms with Crippen molar-refractivity contribution >= 4 is 39.1 Å². The van der Waals surface area contributed by atoms with E-state index in [1.807, 2.05) is 78.9 Å². The van der Waals surface area contributed by atoms with Crippen molar-refractivity contribution in [3.8, 4) is 11.5 Å². The lowest BCUT2D eigenvalue weighted by atomic mass is 9.95. The first kappa shape index (κ1) is 32.7. The Labute approximate surface area is 289 Å². The van der Waals surface area contributed by atoms with Gasteiger partial charge in [-0.2, -0.15) is 0 Å². The van der Waals surface area contributed by atoms with E-state index >= 15 is 0 Å². The van der Waals surface area contributed by atoms with Crippen LogP contribution in [-0.4, -0.2) is 59.4 Å². The number of aromatic nitrogens is 1. The SMILES string of the molecule is COc1ccc(CN2Cc3sc(NC4CCCCO4)c(C(=O)O)c3CC2CNC(=O)c2cc3cc(OCc4ccccc4)ccc3[nH]2)cc1. The number of nitrogens with one attached hydrogen (secondary N) is 3. The number of methoxy groups -OCH3 is 1. The maximum Gasteiger partial charge on any atom is 0.338 e. The van der Waals surface area contributed by atoms with Crippen molar-refractivity contribution in [3.05, 3.63) is 112 Å². The number of H-pyrrole nitrogens is 1. The highest BCUT2D eigenvalue weighted by molar-refractivity contribution is 7.16. The summed E-state index contributed by atoms with van der Waals surface area (Å²) in [6.45, 7) is 2.68. The molecule has 0 aliphatic carbocycles. The monoisotopic (exact) mass is 680 g/mol. The van der Waals surface area contributed by atoms with Crippen LogP contribution in [0.1, 0.15) is 61.7 Å². The molecule has 0 bridgehead atoms. The number of aromatic amines is 1. The Balaban J connectivity index is 1.08. The second-order valence-corrected chi connectivity index (χ2v) is 13.6. The second-order valence-electron chi connectivity index (χ2n) is 12.5. The predicted molar refractivity (Wildman–Crippen MR) is 190 cm³/mol. The molecule has 5 aromatic rings. The summed E-state index contributed by atoms with van der Waals surface area (Å²) in [4.78, 5) is 32.7. The third-order valence-electron chi connectivity index (χ3n) is 9.21. The Hall–Kier alpha value is -4.84. The van der Waals surface area contributed by atoms with E-state index in [1.165, 1.54) is 11.3 Å². The van der Waals surface area contributed by atoms with Gasteiger partial charge in [-0.1, -0.05) is 42.5 Å². The molecule has 0 saturated carbocycles. The largest absolute Gasteiger partial charge is 0.497 e. The van der Waals surface area contributed by atoms with Crippen molar-refractivity contribution in [2.24, 2.45) is 0 Å². The van der Waals surface area contributed by atoms with Crippen molar-refractivity contribution in [2.45, 2.75) is 57.6 Å². The lowest BCUT2D eigenvalue weighted by Gasteiger charge is -2.36. The number of thiophene rings is 1. The maximum absolute atomic E-state index is 13.5. The molecule has 1 amide bonds. The first-order valence-electron chi connectivity index (χ1n) is 16.6. The molecule has 4 heterocycles. The van der Waals surface area contributed by atoms with Crippen LogP contribution in [0, 0.1) is 0 Å². The molecule has 10 nitrogen and oxygen atoms in total. The highest BCUT2D eigenvalue weighted by Gasteiger charge is 2.34. The number of aromatic carboxylic acids is 1. The minimum Gasteiger partial charge on any atom is -0.497 e. The Morgan fingerprint density at radius 1 is 1.02 bits per heavy atom. The number of amides is 1. The Bertz CT molecular complexity index is 1920. The van der Waals surface area contributed by atoms with E-state index < -0.39 is 5.97 Å². The van der Waals surface area contributed by atoms with Gasteiger partial charge >= 0.3 is 5.97 Å². The molecule has 2 aliphatic heterocycles. The molecule has 4 N–H and O–H groups in total. The fourth-order valence-electron chi connectivity index (χ4n) is 6.58. The van der Waals surface area contributed by atoms with Gasteiger partial charge in [-0.05, 0) is 78.8 Å². The average molecular weight is 681 g/mol. The number of fused-ring (bicyclic) bond motifs is 2. The summed E-state index contributed by atoms with van der Waals surface area (Å²) >= 11 is 1.50. The highest BCUT2D eigenvalue weighted by atomic mass is 32.1. The zero-order valence-electron chi connectivity index (χ0n) is 27.4. The van der Waals surface area contributed by atoms with Gasteiger partial charge < -0.3 is 34.9 Å². The Morgan fingerprint density at radius 3 is 2.59 bits per heavy atom. The van der Waals surface area contributed by atoms with Crippen LogP contribution in [0.5, 0.6) is 11.5 Å². The summed E-state index contributed by atoms with van der Waals surface area (Å²) in [5.41, 5.74) is 4.62. The standard InChI is InChI=1S/C38H40N4O6S/c1-46-28-12-10-24(11-13-28)21-42-22-33-30(35(38(44)45)37(49-33)41-34-9-5-6-16-47-34)19-27(42)20-39-36(43)32-18-26-17-29(14-15-31(26)40-32)48-23-25-7-3-2-4-8-25/h2-4,7-8,10-15,17-18,27,34,40-41H,5-6,9,16,19-23H2,1H3,(H,39,43)(H,44,45). The average Bonchev–Trinajstić information content (AvgIpc) is 3.71. The molecule has 3 aromatic carbocycles. The molecule has 2 aromatic heterocycles. The van der Waals surface area contributed by atoms with E-state index in [0.29, 0.717) is 55.5 Å². The summed E-state index contributed by atoms with van der Waals surface area (Å²) in [6, 6.07) is 25.4. The summed E-state index contributed by atoms with van der Waals surface area (Å²) in [5, 5.41) is 18.4. The summed E-state index contributed by atoms with van der Waals surface area (Å²) < 4.78 is 17.2. The van der Waals surface area contributed by atoms with Crippen LogP contribution in [0.15, 0.2) is 78.9 Å². The zero-order chi connectivity index (χ0) is 33.7. The van der Waals surface area contributed by atoms with Gasteiger partial charge in [-0.25, -0.2) is 4.79 Å². The first-order valence-corrected chi connectivity index (χ1v) is 17.5. The lowest BCUT2D eigenvalue weighted by molar-refractivity contribution is 0.0344. The van der Waals surface area contributed by atoms with E-state index in [-0.39, 0.29) is 18.2 Å². The topological polar surface area (TPSA) is 125 Å². The number of ether oxygens (including phenoxy) is 3. The van der Waals surface area contributed by atoms with Gasteiger partial charge in [0.05, 0.1) is 12.7 Å². The zero-order valence-corrected chi connectivity index (χ0v) is 28.2.